The number of hydrogen-bond donors (Lipinski definition) is 0. The predicted molar refractivity (Wildman–Crippen MR) is 197 cm³/mol. The summed E-state index contributed by atoms with van der Waals surface area (Å²) in [6.45, 7) is 0. The maximum atomic E-state index is 2.48. The molecule has 1 heterocycles. The van der Waals surface area contributed by atoms with Gasteiger partial charge in [0, 0.05) is 25.6 Å². The minimum atomic E-state index is 1.06. The van der Waals surface area contributed by atoms with Crippen LogP contribution in [0.1, 0.15) is 23.1 Å². The first kappa shape index (κ1) is 25.1. The van der Waals surface area contributed by atoms with E-state index in [1.165, 1.54) is 96.7 Å². The third-order valence-corrected chi connectivity index (χ3v) is 11.2. The Hall–Kier alpha value is -5.24. The highest BCUT2D eigenvalue weighted by Crippen LogP contribution is 2.43. The fraction of sp³-hybridized carbons (Fsp3) is 0.0455. The second-order valence-electron chi connectivity index (χ2n) is 12.4. The smallest absolute Gasteiger partial charge is 0.0439 e. The zero-order valence-corrected chi connectivity index (χ0v) is 25.5. The van der Waals surface area contributed by atoms with E-state index in [-0.39, 0.29) is 0 Å². The molecule has 210 valence electrons. The Labute approximate surface area is 265 Å². The van der Waals surface area contributed by atoms with E-state index in [4.69, 9.17) is 0 Å². The van der Waals surface area contributed by atoms with E-state index in [9.17, 15) is 0 Å². The van der Waals surface area contributed by atoms with E-state index >= 15 is 0 Å². The molecule has 0 amide bonds. The minimum absolute atomic E-state index is 1.06. The van der Waals surface area contributed by atoms with Crippen LogP contribution in [0.25, 0.3) is 86.0 Å². The molecule has 0 nitrogen and oxygen atoms in total. The summed E-state index contributed by atoms with van der Waals surface area (Å²) in [7, 11) is 0. The Morgan fingerprint density at radius 3 is 1.76 bits per heavy atom. The number of aryl methyl sites for hydroxylation is 1. The summed E-state index contributed by atoms with van der Waals surface area (Å²) < 4.78 is 2.78. The van der Waals surface area contributed by atoms with E-state index < -0.39 is 0 Å². The lowest BCUT2D eigenvalue weighted by atomic mass is 9.85. The average molecular weight is 589 g/mol. The van der Waals surface area contributed by atoms with Crippen LogP contribution in [0.15, 0.2) is 140 Å². The molecule has 1 heteroatoms. The van der Waals surface area contributed by atoms with Gasteiger partial charge in [-0.3, -0.25) is 0 Å². The Balaban J connectivity index is 1.08. The van der Waals surface area contributed by atoms with Crippen LogP contribution >= 0.6 is 11.3 Å². The predicted octanol–water partition coefficient (Wildman–Crippen LogP) is 12.8. The molecule has 0 saturated heterocycles. The number of hydrogen-bond acceptors (Lipinski definition) is 1. The lowest BCUT2D eigenvalue weighted by Crippen LogP contribution is -2.00. The van der Waals surface area contributed by atoms with Gasteiger partial charge in [0.15, 0.2) is 0 Å². The molecule has 1 aromatic heterocycles. The summed E-state index contributed by atoms with van der Waals surface area (Å²) >= 11 is 1.93. The quantitative estimate of drug-likeness (QED) is 0.176. The Bertz CT molecular complexity index is 2650. The molecular weight excluding hydrogens is 561 g/mol. The van der Waals surface area contributed by atoms with Crippen molar-refractivity contribution in [3.05, 3.63) is 156 Å². The highest BCUT2D eigenvalue weighted by molar-refractivity contribution is 7.26. The van der Waals surface area contributed by atoms with Gasteiger partial charge >= 0.3 is 0 Å². The van der Waals surface area contributed by atoms with Crippen LogP contribution in [-0.2, 0) is 6.42 Å². The van der Waals surface area contributed by atoms with Crippen molar-refractivity contribution < 1.29 is 0 Å². The molecule has 45 heavy (non-hydrogen) atoms. The SMILES string of the molecule is C1=C(c2ccc(-c3ccc4c5ccccc5c5ccccc5c4c3)cc2)CCc2ccc3ccc4c5ccccc5sc4c3c21. The molecule has 1 aliphatic carbocycles. The number of allylic oxidation sites excluding steroid dienone is 1. The van der Waals surface area contributed by atoms with Gasteiger partial charge in [0.25, 0.3) is 0 Å². The molecule has 8 aromatic carbocycles. The molecule has 0 N–H and O–H groups in total. The highest BCUT2D eigenvalue weighted by atomic mass is 32.1. The van der Waals surface area contributed by atoms with Crippen LogP contribution in [0.5, 0.6) is 0 Å². The van der Waals surface area contributed by atoms with Crippen molar-refractivity contribution in [3.8, 4) is 11.1 Å². The van der Waals surface area contributed by atoms with Gasteiger partial charge < -0.3 is 0 Å². The topological polar surface area (TPSA) is 0 Å². The third kappa shape index (κ3) is 3.78. The number of thiophene rings is 1. The summed E-state index contributed by atoms with van der Waals surface area (Å²) in [6, 6.07) is 52.0. The Morgan fingerprint density at radius 2 is 1.00 bits per heavy atom. The summed E-state index contributed by atoms with van der Waals surface area (Å²) in [5.41, 5.74) is 8.13. The average Bonchev–Trinajstić information content (AvgIpc) is 3.50. The highest BCUT2D eigenvalue weighted by Gasteiger charge is 2.18. The third-order valence-electron chi connectivity index (χ3n) is 9.97. The van der Waals surface area contributed by atoms with Crippen LogP contribution < -0.4 is 0 Å². The first-order chi connectivity index (χ1) is 22.3. The van der Waals surface area contributed by atoms with Gasteiger partial charge in [-0.15, -0.1) is 11.3 Å². The number of fused-ring (bicyclic) bond motifs is 13. The van der Waals surface area contributed by atoms with Gasteiger partial charge in [0.2, 0.25) is 0 Å². The van der Waals surface area contributed by atoms with Crippen LogP contribution in [0.3, 0.4) is 0 Å². The van der Waals surface area contributed by atoms with Crippen LogP contribution in [-0.4, -0.2) is 0 Å². The number of benzene rings is 8. The van der Waals surface area contributed by atoms with Gasteiger partial charge in [-0.05, 0) is 96.1 Å². The van der Waals surface area contributed by atoms with E-state index in [0.717, 1.165) is 12.8 Å². The molecular formula is C44H28S. The molecule has 10 rings (SSSR count). The molecule has 0 atom stereocenters. The Kier molecular flexibility index (Phi) is 5.38. The van der Waals surface area contributed by atoms with Gasteiger partial charge in [-0.2, -0.15) is 0 Å². The first-order valence-electron chi connectivity index (χ1n) is 15.8. The molecule has 0 spiro atoms. The zero-order chi connectivity index (χ0) is 29.5. The Morgan fingerprint density at radius 1 is 0.422 bits per heavy atom. The van der Waals surface area contributed by atoms with Crippen LogP contribution in [0, 0.1) is 0 Å². The zero-order valence-electron chi connectivity index (χ0n) is 24.7. The molecule has 0 aliphatic heterocycles. The number of rotatable bonds is 2. The summed E-state index contributed by atoms with van der Waals surface area (Å²) in [5, 5.41) is 13.4. The van der Waals surface area contributed by atoms with Crippen LogP contribution in [0.4, 0.5) is 0 Å². The molecule has 0 unspecified atom stereocenters. The van der Waals surface area contributed by atoms with E-state index in [1.54, 1.807) is 0 Å². The van der Waals surface area contributed by atoms with Crippen molar-refractivity contribution in [2.45, 2.75) is 12.8 Å². The first-order valence-corrected chi connectivity index (χ1v) is 16.6. The van der Waals surface area contributed by atoms with Crippen molar-refractivity contribution in [3.63, 3.8) is 0 Å². The van der Waals surface area contributed by atoms with Crippen molar-refractivity contribution in [1.82, 2.24) is 0 Å². The summed E-state index contributed by atoms with van der Waals surface area (Å²) in [6.07, 6.45) is 4.62. The van der Waals surface area contributed by atoms with Crippen LogP contribution in [0.2, 0.25) is 0 Å². The van der Waals surface area contributed by atoms with E-state index in [2.05, 4.69) is 146 Å². The van der Waals surface area contributed by atoms with E-state index in [0.29, 0.717) is 0 Å². The van der Waals surface area contributed by atoms with E-state index in [1.807, 2.05) is 11.3 Å². The molecule has 0 bridgehead atoms. The molecule has 0 fully saturated rings. The standard InChI is InChI=1S/C44H28S/c1-2-9-35-33(7-1)34-8-3-4-10-36(34)41-26-32(22-23-37(35)41)28-15-13-27(14-16-28)31-20-18-29-17-19-30-21-24-39-38-11-5-6-12-42(38)45-44(39)43(30)40(29)25-31/h1-17,19,21-26H,18,20H2. The van der Waals surface area contributed by atoms with Crippen molar-refractivity contribution >= 4 is 86.2 Å². The summed E-state index contributed by atoms with van der Waals surface area (Å²) in [5.74, 6) is 0. The fourth-order valence-corrected chi connectivity index (χ4v) is 9.02. The minimum Gasteiger partial charge on any atom is -0.135 e. The van der Waals surface area contributed by atoms with Gasteiger partial charge in [-0.1, -0.05) is 133 Å². The molecule has 0 saturated carbocycles. The normalized spacial score (nSPS) is 13.3. The second-order valence-corrected chi connectivity index (χ2v) is 13.4. The monoisotopic (exact) mass is 588 g/mol. The van der Waals surface area contributed by atoms with Gasteiger partial charge in [-0.25, -0.2) is 0 Å². The van der Waals surface area contributed by atoms with Gasteiger partial charge in [0.05, 0.1) is 0 Å². The van der Waals surface area contributed by atoms with Crippen molar-refractivity contribution in [2.75, 3.05) is 0 Å². The van der Waals surface area contributed by atoms with Crippen molar-refractivity contribution in [2.24, 2.45) is 0 Å². The lowest BCUT2D eigenvalue weighted by molar-refractivity contribution is 1.01. The lowest BCUT2D eigenvalue weighted by Gasteiger charge is -2.19. The molecule has 1 aliphatic rings. The maximum Gasteiger partial charge on any atom is 0.0439 e. The molecule has 9 aromatic rings. The van der Waals surface area contributed by atoms with Crippen molar-refractivity contribution in [1.29, 1.82) is 0 Å². The maximum absolute atomic E-state index is 2.48. The van der Waals surface area contributed by atoms with Gasteiger partial charge in [0.1, 0.15) is 0 Å². The molecule has 0 radical (unpaired) electrons. The fourth-order valence-electron chi connectivity index (χ4n) is 7.75. The summed E-state index contributed by atoms with van der Waals surface area (Å²) in [4.78, 5) is 0. The largest absolute Gasteiger partial charge is 0.135 e. The second kappa shape index (κ2) is 9.63.